The Hall–Kier alpha value is -1.63. The first-order valence-corrected chi connectivity index (χ1v) is 6.59. The van der Waals surface area contributed by atoms with Gasteiger partial charge in [0.15, 0.2) is 5.71 Å². The third-order valence-electron chi connectivity index (χ3n) is 3.09. The zero-order valence-electron chi connectivity index (χ0n) is 12.3. The van der Waals surface area contributed by atoms with Crippen LogP contribution in [0.25, 0.3) is 0 Å². The van der Waals surface area contributed by atoms with Gasteiger partial charge in [0.2, 0.25) is 5.85 Å². The maximum absolute atomic E-state index is 12.2. The van der Waals surface area contributed by atoms with Gasteiger partial charge in [0, 0.05) is 13.0 Å². The number of aliphatic imine (C=N–C) groups is 1. The Bertz CT molecular complexity index is 454. The molecule has 0 aliphatic carbocycles. The van der Waals surface area contributed by atoms with E-state index in [1.54, 1.807) is 20.8 Å². The summed E-state index contributed by atoms with van der Waals surface area (Å²) < 4.78 is 15.6. The third kappa shape index (κ3) is 2.77. The molecule has 2 rings (SSSR count). The molecule has 0 aromatic heterocycles. The predicted molar refractivity (Wildman–Crippen MR) is 70.3 cm³/mol. The number of ether oxygens (including phenoxy) is 3. The second-order valence-electron chi connectivity index (χ2n) is 5.82. The molecule has 1 atom stereocenters. The normalized spacial score (nSPS) is 25.8. The molecule has 7 nitrogen and oxygen atoms in total. The van der Waals surface area contributed by atoms with Crippen molar-refractivity contribution < 1.29 is 23.8 Å². The summed E-state index contributed by atoms with van der Waals surface area (Å²) in [5.74, 6) is -1.64. The van der Waals surface area contributed by atoms with Crippen LogP contribution in [0.2, 0.25) is 0 Å². The first kappa shape index (κ1) is 14.8. The molecule has 0 aromatic carbocycles. The van der Waals surface area contributed by atoms with Crippen LogP contribution in [0.15, 0.2) is 4.99 Å². The van der Waals surface area contributed by atoms with Crippen molar-refractivity contribution in [3.8, 4) is 0 Å². The van der Waals surface area contributed by atoms with Gasteiger partial charge in [-0.25, -0.2) is 14.6 Å². The molecule has 1 fully saturated rings. The molecule has 20 heavy (non-hydrogen) atoms. The summed E-state index contributed by atoms with van der Waals surface area (Å²) in [6, 6.07) is 0. The number of likely N-dealkylation sites (tertiary alicyclic amines) is 1. The van der Waals surface area contributed by atoms with E-state index in [2.05, 4.69) is 9.73 Å². The summed E-state index contributed by atoms with van der Waals surface area (Å²) in [6.07, 6.45) is 0.814. The maximum Gasteiger partial charge on any atom is 0.414 e. The van der Waals surface area contributed by atoms with Crippen molar-refractivity contribution in [1.29, 1.82) is 0 Å². The van der Waals surface area contributed by atoms with Gasteiger partial charge >= 0.3 is 12.1 Å². The summed E-state index contributed by atoms with van der Waals surface area (Å²) in [6.45, 7) is 5.93. The van der Waals surface area contributed by atoms with Gasteiger partial charge in [0.1, 0.15) is 12.2 Å². The van der Waals surface area contributed by atoms with Crippen LogP contribution >= 0.6 is 0 Å². The number of nitrogens with zero attached hydrogens (tertiary/aromatic N) is 2. The van der Waals surface area contributed by atoms with Gasteiger partial charge in [-0.3, -0.25) is 4.90 Å². The molecule has 0 bridgehead atoms. The molecule has 1 spiro atoms. The molecule has 1 amide bonds. The van der Waals surface area contributed by atoms with Crippen molar-refractivity contribution in [1.82, 2.24) is 4.90 Å². The number of esters is 1. The standard InChI is InChI=1S/C13H20N2O5/c1-12(2,3)20-11(17)15-7-5-6-13(15)14-9(8-19-13)10(16)18-4/h5-8H2,1-4H3. The highest BCUT2D eigenvalue weighted by Crippen LogP contribution is 2.36. The van der Waals surface area contributed by atoms with E-state index in [4.69, 9.17) is 9.47 Å². The fraction of sp³-hybridized carbons (Fsp3) is 0.769. The highest BCUT2D eigenvalue weighted by Gasteiger charge is 2.50. The molecule has 2 aliphatic heterocycles. The second-order valence-corrected chi connectivity index (χ2v) is 5.82. The largest absolute Gasteiger partial charge is 0.464 e. The van der Waals surface area contributed by atoms with Crippen LogP contribution in [0.4, 0.5) is 4.79 Å². The fourth-order valence-corrected chi connectivity index (χ4v) is 2.28. The first-order valence-electron chi connectivity index (χ1n) is 6.59. The molecule has 0 aromatic rings. The summed E-state index contributed by atoms with van der Waals surface area (Å²) in [7, 11) is 1.29. The summed E-state index contributed by atoms with van der Waals surface area (Å²) in [5.41, 5.74) is -0.392. The Kier molecular flexibility index (Phi) is 3.73. The lowest BCUT2D eigenvalue weighted by Crippen LogP contribution is -2.48. The summed E-state index contributed by atoms with van der Waals surface area (Å²) >= 11 is 0. The van der Waals surface area contributed by atoms with E-state index in [-0.39, 0.29) is 12.3 Å². The highest BCUT2D eigenvalue weighted by molar-refractivity contribution is 6.37. The zero-order chi connectivity index (χ0) is 15.0. The van der Waals surface area contributed by atoms with E-state index < -0.39 is 23.5 Å². The Morgan fingerprint density at radius 1 is 1.40 bits per heavy atom. The fourth-order valence-electron chi connectivity index (χ4n) is 2.28. The topological polar surface area (TPSA) is 77.4 Å². The number of methoxy groups -OCH3 is 1. The van der Waals surface area contributed by atoms with E-state index >= 15 is 0 Å². The Morgan fingerprint density at radius 2 is 2.10 bits per heavy atom. The van der Waals surface area contributed by atoms with Crippen LogP contribution in [-0.2, 0) is 19.0 Å². The Labute approximate surface area is 117 Å². The van der Waals surface area contributed by atoms with Gasteiger partial charge in [0.05, 0.1) is 7.11 Å². The highest BCUT2D eigenvalue weighted by atomic mass is 16.6. The molecule has 7 heteroatoms. The van der Waals surface area contributed by atoms with Crippen molar-refractivity contribution in [3.63, 3.8) is 0 Å². The quantitative estimate of drug-likeness (QED) is 0.679. The van der Waals surface area contributed by atoms with E-state index in [1.165, 1.54) is 12.0 Å². The average Bonchev–Trinajstić information content (AvgIpc) is 2.94. The van der Waals surface area contributed by atoms with E-state index in [0.29, 0.717) is 13.0 Å². The van der Waals surface area contributed by atoms with Gasteiger partial charge in [-0.1, -0.05) is 0 Å². The second kappa shape index (κ2) is 5.05. The molecule has 2 aliphatic rings. The minimum Gasteiger partial charge on any atom is -0.464 e. The number of amides is 1. The van der Waals surface area contributed by atoms with Gasteiger partial charge in [-0.2, -0.15) is 0 Å². The molecule has 112 valence electrons. The molecule has 1 saturated heterocycles. The third-order valence-corrected chi connectivity index (χ3v) is 3.09. The number of hydrogen-bond acceptors (Lipinski definition) is 6. The van der Waals surface area contributed by atoms with Crippen LogP contribution < -0.4 is 0 Å². The monoisotopic (exact) mass is 284 g/mol. The van der Waals surface area contributed by atoms with Crippen molar-refractivity contribution in [3.05, 3.63) is 0 Å². The molecule has 2 heterocycles. The van der Waals surface area contributed by atoms with Gasteiger partial charge in [-0.05, 0) is 27.2 Å². The van der Waals surface area contributed by atoms with Crippen molar-refractivity contribution in [2.24, 2.45) is 4.99 Å². The van der Waals surface area contributed by atoms with Crippen LogP contribution in [-0.4, -0.2) is 54.4 Å². The van der Waals surface area contributed by atoms with Crippen LogP contribution in [0.3, 0.4) is 0 Å². The number of carbonyl (C=O) groups is 2. The lowest BCUT2D eigenvalue weighted by atomic mass is 10.2. The number of carbonyl (C=O) groups excluding carboxylic acids is 2. The molecule has 0 radical (unpaired) electrons. The minimum absolute atomic E-state index is 0.0476. The van der Waals surface area contributed by atoms with E-state index in [1.807, 2.05) is 0 Å². The smallest absolute Gasteiger partial charge is 0.414 e. The average molecular weight is 284 g/mol. The van der Waals surface area contributed by atoms with Gasteiger partial charge in [0.25, 0.3) is 0 Å². The van der Waals surface area contributed by atoms with Crippen LogP contribution in [0, 0.1) is 0 Å². The van der Waals surface area contributed by atoms with Gasteiger partial charge in [-0.15, -0.1) is 0 Å². The molecule has 0 N–H and O–H groups in total. The lowest BCUT2D eigenvalue weighted by molar-refractivity contribution is -0.132. The predicted octanol–water partition coefficient (Wildman–Crippen LogP) is 1.32. The Morgan fingerprint density at radius 3 is 2.70 bits per heavy atom. The van der Waals surface area contributed by atoms with Gasteiger partial charge < -0.3 is 14.2 Å². The SMILES string of the molecule is COC(=O)C1=NC2(CCCN2C(=O)OC(C)(C)C)OC1. The summed E-state index contributed by atoms with van der Waals surface area (Å²) in [4.78, 5) is 29.4. The summed E-state index contributed by atoms with van der Waals surface area (Å²) in [5, 5.41) is 0. The van der Waals surface area contributed by atoms with Crippen molar-refractivity contribution in [2.75, 3.05) is 20.3 Å². The minimum atomic E-state index is -1.11. The molecule has 0 saturated carbocycles. The van der Waals surface area contributed by atoms with E-state index in [9.17, 15) is 9.59 Å². The number of hydrogen-bond donors (Lipinski definition) is 0. The lowest BCUT2D eigenvalue weighted by Gasteiger charge is -2.32. The Balaban J connectivity index is 2.17. The van der Waals surface area contributed by atoms with Crippen LogP contribution in [0.5, 0.6) is 0 Å². The van der Waals surface area contributed by atoms with Crippen molar-refractivity contribution >= 4 is 17.8 Å². The zero-order valence-corrected chi connectivity index (χ0v) is 12.3. The van der Waals surface area contributed by atoms with E-state index in [0.717, 1.165) is 6.42 Å². The van der Waals surface area contributed by atoms with Crippen molar-refractivity contribution in [2.45, 2.75) is 45.1 Å². The molecule has 1 unspecified atom stereocenters. The molecular weight excluding hydrogens is 264 g/mol. The first-order chi connectivity index (χ1) is 9.27. The molecular formula is C13H20N2O5. The number of rotatable bonds is 1. The van der Waals surface area contributed by atoms with Crippen LogP contribution in [0.1, 0.15) is 33.6 Å². The maximum atomic E-state index is 12.2.